The minimum Gasteiger partial charge on any atom is -0.507 e. The third-order valence-electron chi connectivity index (χ3n) is 6.77. The second-order valence-corrected chi connectivity index (χ2v) is 9.40. The van der Waals surface area contributed by atoms with Crippen LogP contribution in [-0.2, 0) is 7.05 Å². The highest BCUT2D eigenvalue weighted by Gasteiger charge is 2.25. The van der Waals surface area contributed by atoms with Crippen molar-refractivity contribution in [3.8, 4) is 28.1 Å². The van der Waals surface area contributed by atoms with E-state index in [0.29, 0.717) is 17.3 Å². The molecule has 3 atom stereocenters. The van der Waals surface area contributed by atoms with Gasteiger partial charge >= 0.3 is 0 Å². The van der Waals surface area contributed by atoms with Gasteiger partial charge in [-0.25, -0.2) is 0 Å². The average Bonchev–Trinajstić information content (AvgIpc) is 2.95. The smallest absolute Gasteiger partial charge is 0.250 e. The molecule has 6 nitrogen and oxygen atoms in total. The van der Waals surface area contributed by atoms with Gasteiger partial charge in [0.25, 0.3) is 5.56 Å². The SMILES string of the molecule is C[C@@H]1CC[C@H](C)C[C@@H](N(C)c2ccc(-c3ccc(-c4ccn(C)c(=O)c4)cc3O)nn2)C1. The molecule has 0 aliphatic heterocycles. The molecule has 3 aromatic rings. The van der Waals surface area contributed by atoms with Gasteiger partial charge in [-0.2, -0.15) is 0 Å². The highest BCUT2D eigenvalue weighted by Crippen LogP contribution is 2.34. The summed E-state index contributed by atoms with van der Waals surface area (Å²) in [7, 11) is 3.82. The molecule has 1 aromatic carbocycles. The van der Waals surface area contributed by atoms with Gasteiger partial charge in [0.2, 0.25) is 0 Å². The fourth-order valence-corrected chi connectivity index (χ4v) is 4.65. The Labute approximate surface area is 189 Å². The normalized spacial score (nSPS) is 21.2. The van der Waals surface area contributed by atoms with Gasteiger partial charge in [0.1, 0.15) is 5.75 Å². The number of phenols is 1. The molecular formula is C26H32N4O2. The summed E-state index contributed by atoms with van der Waals surface area (Å²) in [6.45, 7) is 4.68. The van der Waals surface area contributed by atoms with Gasteiger partial charge in [0, 0.05) is 38.0 Å². The van der Waals surface area contributed by atoms with Gasteiger partial charge in [-0.15, -0.1) is 10.2 Å². The highest BCUT2D eigenvalue weighted by molar-refractivity contribution is 5.74. The standard InChI is InChI=1S/C26H32N4O2/c1-17-5-6-18(2)14-21(13-17)30(4)25-10-9-23(27-28-25)22-8-7-19(15-24(22)31)20-11-12-29(3)26(32)16-20/h7-12,15-18,21,31H,5-6,13-14H2,1-4H3/t17-,18+,21+. The fraction of sp³-hybridized carbons (Fsp3) is 0.423. The quantitative estimate of drug-likeness (QED) is 0.596. The van der Waals surface area contributed by atoms with Crippen LogP contribution in [0.3, 0.4) is 0 Å². The summed E-state index contributed by atoms with van der Waals surface area (Å²) in [6, 6.07) is 13.2. The van der Waals surface area contributed by atoms with E-state index in [2.05, 4.69) is 36.0 Å². The molecule has 0 bridgehead atoms. The molecule has 1 aliphatic rings. The van der Waals surface area contributed by atoms with Gasteiger partial charge < -0.3 is 14.6 Å². The number of aryl methyl sites for hydroxylation is 1. The lowest BCUT2D eigenvalue weighted by molar-refractivity contribution is 0.446. The lowest BCUT2D eigenvalue weighted by Crippen LogP contribution is -2.34. The summed E-state index contributed by atoms with van der Waals surface area (Å²) in [5, 5.41) is 19.5. The molecule has 0 radical (unpaired) electrons. The molecule has 1 N–H and O–H groups in total. The fourth-order valence-electron chi connectivity index (χ4n) is 4.65. The molecule has 0 spiro atoms. The lowest BCUT2D eigenvalue weighted by Gasteiger charge is -2.30. The topological polar surface area (TPSA) is 71.2 Å². The van der Waals surface area contributed by atoms with Gasteiger partial charge in [0.05, 0.1) is 5.69 Å². The van der Waals surface area contributed by atoms with E-state index in [1.807, 2.05) is 30.3 Å². The second-order valence-electron chi connectivity index (χ2n) is 9.40. The van der Waals surface area contributed by atoms with Crippen molar-refractivity contribution in [3.05, 3.63) is 59.0 Å². The second kappa shape index (κ2) is 9.15. The first-order valence-corrected chi connectivity index (χ1v) is 11.4. The Bertz CT molecular complexity index is 1130. The number of aromatic nitrogens is 3. The Morgan fingerprint density at radius 3 is 2.25 bits per heavy atom. The maximum absolute atomic E-state index is 11.9. The van der Waals surface area contributed by atoms with Crippen LogP contribution in [0.4, 0.5) is 5.82 Å². The zero-order valence-corrected chi connectivity index (χ0v) is 19.3. The van der Waals surface area contributed by atoms with E-state index < -0.39 is 0 Å². The van der Waals surface area contributed by atoms with E-state index in [0.717, 1.165) is 28.8 Å². The Hall–Kier alpha value is -3.15. The van der Waals surface area contributed by atoms with Crippen LogP contribution in [0.5, 0.6) is 5.75 Å². The summed E-state index contributed by atoms with van der Waals surface area (Å²) in [5.74, 6) is 2.42. The van der Waals surface area contributed by atoms with Gasteiger partial charge in [0.15, 0.2) is 5.82 Å². The van der Waals surface area contributed by atoms with Gasteiger partial charge in [-0.3, -0.25) is 4.79 Å². The van der Waals surface area contributed by atoms with E-state index in [1.54, 1.807) is 25.4 Å². The number of pyridine rings is 1. The predicted octanol–water partition coefficient (Wildman–Crippen LogP) is 4.87. The van der Waals surface area contributed by atoms with Gasteiger partial charge in [-0.05, 0) is 66.1 Å². The van der Waals surface area contributed by atoms with Crippen LogP contribution in [0.25, 0.3) is 22.4 Å². The summed E-state index contributed by atoms with van der Waals surface area (Å²) in [4.78, 5) is 14.2. The van der Waals surface area contributed by atoms with Crippen molar-refractivity contribution >= 4 is 5.82 Å². The van der Waals surface area contributed by atoms with E-state index in [1.165, 1.54) is 30.3 Å². The molecule has 0 saturated heterocycles. The van der Waals surface area contributed by atoms with E-state index in [-0.39, 0.29) is 11.3 Å². The monoisotopic (exact) mass is 432 g/mol. The zero-order valence-electron chi connectivity index (χ0n) is 19.3. The Balaban J connectivity index is 1.54. The third-order valence-corrected chi connectivity index (χ3v) is 6.77. The third kappa shape index (κ3) is 4.69. The number of aromatic hydroxyl groups is 1. The van der Waals surface area contributed by atoms with E-state index in [4.69, 9.17) is 0 Å². The van der Waals surface area contributed by atoms with Crippen LogP contribution in [-0.4, -0.2) is 33.0 Å². The largest absolute Gasteiger partial charge is 0.507 e. The number of nitrogens with zero attached hydrogens (tertiary/aromatic N) is 4. The number of rotatable bonds is 4. The van der Waals surface area contributed by atoms with Crippen molar-refractivity contribution in [2.24, 2.45) is 18.9 Å². The van der Waals surface area contributed by atoms with Crippen LogP contribution in [0.15, 0.2) is 53.5 Å². The number of hydrogen-bond acceptors (Lipinski definition) is 5. The van der Waals surface area contributed by atoms with Crippen molar-refractivity contribution in [1.29, 1.82) is 0 Å². The molecule has 32 heavy (non-hydrogen) atoms. The number of benzene rings is 1. The average molecular weight is 433 g/mol. The maximum Gasteiger partial charge on any atom is 0.250 e. The molecule has 1 aliphatic carbocycles. The molecule has 0 unspecified atom stereocenters. The first-order valence-electron chi connectivity index (χ1n) is 11.4. The van der Waals surface area contributed by atoms with Crippen LogP contribution >= 0.6 is 0 Å². The van der Waals surface area contributed by atoms with Gasteiger partial charge in [-0.1, -0.05) is 32.8 Å². The molecular weight excluding hydrogens is 400 g/mol. The Morgan fingerprint density at radius 2 is 1.66 bits per heavy atom. The molecule has 2 aromatic heterocycles. The first-order chi connectivity index (χ1) is 15.3. The molecule has 4 rings (SSSR count). The molecule has 6 heteroatoms. The first kappa shape index (κ1) is 22.1. The van der Waals surface area contributed by atoms with E-state index >= 15 is 0 Å². The van der Waals surface area contributed by atoms with Crippen molar-refractivity contribution in [2.45, 2.75) is 45.6 Å². The van der Waals surface area contributed by atoms with Crippen LogP contribution in [0.1, 0.15) is 39.5 Å². The summed E-state index contributed by atoms with van der Waals surface area (Å²) >= 11 is 0. The minimum atomic E-state index is -0.0888. The Kier molecular flexibility index (Phi) is 6.31. The molecule has 1 fully saturated rings. The summed E-state index contributed by atoms with van der Waals surface area (Å²) < 4.78 is 1.52. The summed E-state index contributed by atoms with van der Waals surface area (Å²) in [6.07, 6.45) is 6.66. The van der Waals surface area contributed by atoms with Crippen LogP contribution in [0, 0.1) is 11.8 Å². The number of phenolic OH excluding ortho intramolecular Hbond substituents is 1. The van der Waals surface area contributed by atoms with Crippen LogP contribution < -0.4 is 10.5 Å². The predicted molar refractivity (Wildman–Crippen MR) is 129 cm³/mol. The number of anilines is 1. The maximum atomic E-state index is 11.9. The molecule has 0 amide bonds. The molecule has 168 valence electrons. The molecule has 2 heterocycles. The highest BCUT2D eigenvalue weighted by atomic mass is 16.3. The Morgan fingerprint density at radius 1 is 0.969 bits per heavy atom. The van der Waals surface area contributed by atoms with Crippen molar-refractivity contribution in [1.82, 2.24) is 14.8 Å². The van der Waals surface area contributed by atoms with Crippen molar-refractivity contribution < 1.29 is 5.11 Å². The molecule has 1 saturated carbocycles. The number of hydrogen-bond donors (Lipinski definition) is 1. The minimum absolute atomic E-state index is 0.0888. The van der Waals surface area contributed by atoms with E-state index in [9.17, 15) is 9.90 Å². The van der Waals surface area contributed by atoms with Crippen LogP contribution in [0.2, 0.25) is 0 Å². The van der Waals surface area contributed by atoms with Crippen molar-refractivity contribution in [3.63, 3.8) is 0 Å². The zero-order chi connectivity index (χ0) is 22.8. The lowest BCUT2D eigenvalue weighted by atomic mass is 9.98. The van der Waals surface area contributed by atoms with Crippen molar-refractivity contribution in [2.75, 3.05) is 11.9 Å². The summed E-state index contributed by atoms with van der Waals surface area (Å²) in [5.41, 5.74) is 2.71.